The minimum absolute atomic E-state index is 0.0814. The van der Waals surface area contributed by atoms with Crippen LogP contribution in [0, 0.1) is 5.92 Å². The van der Waals surface area contributed by atoms with Gasteiger partial charge in [0.2, 0.25) is 0 Å². The number of allylic oxidation sites excluding steroid dienone is 1. The van der Waals surface area contributed by atoms with Crippen LogP contribution in [0.5, 0.6) is 0 Å². The lowest BCUT2D eigenvalue weighted by Gasteiger charge is -2.17. The Bertz CT molecular complexity index is 864. The first-order chi connectivity index (χ1) is 13.9. The van der Waals surface area contributed by atoms with Gasteiger partial charge in [-0.05, 0) is 38.5 Å². The van der Waals surface area contributed by atoms with E-state index in [9.17, 15) is 14.7 Å². The first kappa shape index (κ1) is 21.9. The average molecular weight is 399 g/mol. The number of hydrogen-bond acceptors (Lipinski definition) is 7. The number of ether oxygens (including phenoxy) is 2. The van der Waals surface area contributed by atoms with Gasteiger partial charge in [-0.1, -0.05) is 30.3 Å². The topological polar surface area (TPSA) is 98.3 Å². The van der Waals surface area contributed by atoms with E-state index >= 15 is 0 Å². The van der Waals surface area contributed by atoms with Crippen LogP contribution in [0.4, 0.5) is 0 Å². The van der Waals surface area contributed by atoms with Gasteiger partial charge in [0.25, 0.3) is 0 Å². The fraction of sp³-hybridized carbons (Fsp3) is 0.318. The molecule has 0 aliphatic heterocycles. The predicted molar refractivity (Wildman–Crippen MR) is 107 cm³/mol. The highest BCUT2D eigenvalue weighted by molar-refractivity contribution is 6.25. The van der Waals surface area contributed by atoms with Gasteiger partial charge in [-0.2, -0.15) is 0 Å². The number of benzene rings is 1. The third kappa shape index (κ3) is 6.34. The molecule has 2 rings (SSSR count). The summed E-state index contributed by atoms with van der Waals surface area (Å²) >= 11 is 0. The molecular weight excluding hydrogens is 374 g/mol. The van der Waals surface area contributed by atoms with Crippen molar-refractivity contribution in [2.75, 3.05) is 6.61 Å². The van der Waals surface area contributed by atoms with Gasteiger partial charge in [0.15, 0.2) is 0 Å². The standard InChI is InChI=1S/C22H25NO6/c1-4-27-22(26)19(16(3)24)20(23-13-18-11-8-12-28-18)15(2)21(25)29-14-17-9-6-5-7-10-17/h5-12,15,24H,4,13-14H2,1-3H3. The zero-order chi connectivity index (χ0) is 21.2. The van der Waals surface area contributed by atoms with Crippen molar-refractivity contribution in [3.05, 3.63) is 71.4 Å². The van der Waals surface area contributed by atoms with Gasteiger partial charge in [0.05, 0.1) is 31.0 Å². The molecule has 0 amide bonds. The largest absolute Gasteiger partial charge is 0.512 e. The van der Waals surface area contributed by atoms with Crippen LogP contribution in [-0.2, 0) is 32.2 Å². The van der Waals surface area contributed by atoms with Gasteiger partial charge in [0.1, 0.15) is 23.7 Å². The number of rotatable bonds is 9. The summed E-state index contributed by atoms with van der Waals surface area (Å²) in [6, 6.07) is 12.7. The van der Waals surface area contributed by atoms with Gasteiger partial charge in [0, 0.05) is 0 Å². The molecule has 1 aromatic heterocycles. The second-order valence-corrected chi connectivity index (χ2v) is 6.28. The number of carbonyl (C=O) groups is 2. The Morgan fingerprint density at radius 1 is 1.14 bits per heavy atom. The van der Waals surface area contributed by atoms with Crippen molar-refractivity contribution in [1.29, 1.82) is 0 Å². The fourth-order valence-corrected chi connectivity index (χ4v) is 2.60. The van der Waals surface area contributed by atoms with Crippen molar-refractivity contribution in [3.63, 3.8) is 0 Å². The van der Waals surface area contributed by atoms with Gasteiger partial charge < -0.3 is 19.0 Å². The lowest BCUT2D eigenvalue weighted by Crippen LogP contribution is -2.29. The van der Waals surface area contributed by atoms with Crippen LogP contribution < -0.4 is 0 Å². The van der Waals surface area contributed by atoms with E-state index in [2.05, 4.69) is 4.99 Å². The molecule has 0 spiro atoms. The van der Waals surface area contributed by atoms with Crippen LogP contribution in [-0.4, -0.2) is 29.4 Å². The molecule has 0 saturated heterocycles. The van der Waals surface area contributed by atoms with Crippen LogP contribution in [0.15, 0.2) is 69.5 Å². The molecule has 1 aromatic carbocycles. The average Bonchev–Trinajstić information content (AvgIpc) is 3.22. The molecule has 0 bridgehead atoms. The van der Waals surface area contributed by atoms with Crippen molar-refractivity contribution in [2.24, 2.45) is 10.9 Å². The highest BCUT2D eigenvalue weighted by atomic mass is 16.5. The summed E-state index contributed by atoms with van der Waals surface area (Å²) in [7, 11) is 0. The Kier molecular flexibility index (Phi) is 8.21. The summed E-state index contributed by atoms with van der Waals surface area (Å²) in [5, 5.41) is 10.1. The van der Waals surface area contributed by atoms with Crippen LogP contribution in [0.3, 0.4) is 0 Å². The molecule has 7 nitrogen and oxygen atoms in total. The van der Waals surface area contributed by atoms with E-state index in [4.69, 9.17) is 13.9 Å². The zero-order valence-electron chi connectivity index (χ0n) is 16.8. The highest BCUT2D eigenvalue weighted by Crippen LogP contribution is 2.18. The smallest absolute Gasteiger partial charge is 0.343 e. The molecule has 0 fully saturated rings. The minimum atomic E-state index is -0.907. The van der Waals surface area contributed by atoms with Gasteiger partial charge in [-0.3, -0.25) is 9.79 Å². The van der Waals surface area contributed by atoms with E-state index in [1.807, 2.05) is 30.3 Å². The maximum atomic E-state index is 12.6. The Balaban J connectivity index is 2.27. The number of furan rings is 1. The Morgan fingerprint density at radius 2 is 1.86 bits per heavy atom. The van der Waals surface area contributed by atoms with Crippen LogP contribution >= 0.6 is 0 Å². The lowest BCUT2D eigenvalue weighted by atomic mass is 9.97. The first-order valence-electron chi connectivity index (χ1n) is 9.28. The van der Waals surface area contributed by atoms with E-state index in [1.54, 1.807) is 26.0 Å². The molecule has 0 aliphatic carbocycles. The van der Waals surface area contributed by atoms with E-state index in [-0.39, 0.29) is 36.8 Å². The Hall–Kier alpha value is -3.35. The number of aliphatic imine (C=N–C) groups is 1. The second kappa shape index (κ2) is 10.8. The molecule has 154 valence electrons. The normalized spacial score (nSPS) is 13.4. The highest BCUT2D eigenvalue weighted by Gasteiger charge is 2.30. The predicted octanol–water partition coefficient (Wildman–Crippen LogP) is 4.00. The third-order valence-corrected chi connectivity index (χ3v) is 4.07. The molecule has 7 heteroatoms. The van der Waals surface area contributed by atoms with Crippen molar-refractivity contribution in [2.45, 2.75) is 33.9 Å². The van der Waals surface area contributed by atoms with Crippen LogP contribution in [0.1, 0.15) is 32.1 Å². The first-order valence-corrected chi connectivity index (χ1v) is 9.28. The summed E-state index contributed by atoms with van der Waals surface area (Å²) in [6.45, 7) is 4.86. The number of esters is 2. The SMILES string of the molecule is CCOC(=O)C(C(=NCc1ccco1)C(C)C(=O)OCc1ccccc1)=C(C)O. The molecule has 29 heavy (non-hydrogen) atoms. The molecule has 0 aliphatic rings. The molecule has 0 radical (unpaired) electrons. The summed E-state index contributed by atoms with van der Waals surface area (Å²) < 4.78 is 15.7. The van der Waals surface area contributed by atoms with Crippen molar-refractivity contribution in [1.82, 2.24) is 0 Å². The van der Waals surface area contributed by atoms with Gasteiger partial charge in [-0.25, -0.2) is 4.79 Å². The fourth-order valence-electron chi connectivity index (χ4n) is 2.60. The number of aliphatic hydroxyl groups excluding tert-OH is 1. The number of hydrogen-bond donors (Lipinski definition) is 1. The van der Waals surface area contributed by atoms with E-state index < -0.39 is 17.9 Å². The quantitative estimate of drug-likeness (QED) is 0.296. The molecule has 1 unspecified atom stereocenters. The lowest BCUT2D eigenvalue weighted by molar-refractivity contribution is -0.146. The van der Waals surface area contributed by atoms with E-state index in [0.29, 0.717) is 5.76 Å². The minimum Gasteiger partial charge on any atom is -0.512 e. The zero-order valence-corrected chi connectivity index (χ0v) is 16.8. The summed E-state index contributed by atoms with van der Waals surface area (Å²) in [4.78, 5) is 29.4. The number of carbonyl (C=O) groups excluding carboxylic acids is 2. The maximum Gasteiger partial charge on any atom is 0.343 e. The Morgan fingerprint density at radius 3 is 2.45 bits per heavy atom. The second-order valence-electron chi connectivity index (χ2n) is 6.28. The Labute approximate surface area is 169 Å². The summed E-state index contributed by atoms with van der Waals surface area (Å²) in [6.07, 6.45) is 1.50. The maximum absolute atomic E-state index is 12.6. The molecule has 0 saturated carbocycles. The monoisotopic (exact) mass is 399 g/mol. The van der Waals surface area contributed by atoms with Crippen molar-refractivity contribution in [3.8, 4) is 0 Å². The summed E-state index contributed by atoms with van der Waals surface area (Å²) in [5.41, 5.74) is 0.766. The number of nitrogens with zero attached hydrogens (tertiary/aromatic N) is 1. The third-order valence-electron chi connectivity index (χ3n) is 4.07. The van der Waals surface area contributed by atoms with Crippen molar-refractivity contribution < 1.29 is 28.6 Å². The van der Waals surface area contributed by atoms with E-state index in [0.717, 1.165) is 5.56 Å². The van der Waals surface area contributed by atoms with Gasteiger partial charge in [-0.15, -0.1) is 0 Å². The van der Waals surface area contributed by atoms with Gasteiger partial charge >= 0.3 is 11.9 Å². The van der Waals surface area contributed by atoms with Crippen LogP contribution in [0.2, 0.25) is 0 Å². The molecular formula is C22H25NO6. The van der Waals surface area contributed by atoms with E-state index in [1.165, 1.54) is 13.2 Å². The molecule has 2 aromatic rings. The molecule has 1 N–H and O–H groups in total. The number of aliphatic hydroxyl groups is 1. The summed E-state index contributed by atoms with van der Waals surface area (Å²) in [5.74, 6) is -1.98. The molecule has 1 heterocycles. The van der Waals surface area contributed by atoms with Crippen LogP contribution in [0.25, 0.3) is 0 Å². The van der Waals surface area contributed by atoms with Crippen molar-refractivity contribution >= 4 is 17.7 Å². The molecule has 1 atom stereocenters.